The van der Waals surface area contributed by atoms with E-state index in [0.29, 0.717) is 17.0 Å². The molecule has 0 fully saturated rings. The molecule has 3 aromatic rings. The van der Waals surface area contributed by atoms with E-state index in [2.05, 4.69) is 10.3 Å². The van der Waals surface area contributed by atoms with Crippen LogP contribution in [0, 0.1) is 17.0 Å². The summed E-state index contributed by atoms with van der Waals surface area (Å²) in [5, 5.41) is 13.8. The first kappa shape index (κ1) is 16.7. The third kappa shape index (κ3) is 3.51. The summed E-state index contributed by atoms with van der Waals surface area (Å²) in [6.07, 6.45) is 4.64. The number of carbonyl (C=O) groups excluding carboxylic acids is 1. The molecule has 1 N–H and O–H groups in total. The Kier molecular flexibility index (Phi) is 4.49. The Labute approximate surface area is 147 Å². The van der Waals surface area contributed by atoms with Crippen molar-refractivity contribution in [1.82, 2.24) is 9.38 Å². The number of nitro benzene ring substituents is 1. The Hall–Kier alpha value is -3.19. The molecule has 2 aromatic heterocycles. The van der Waals surface area contributed by atoms with E-state index in [4.69, 9.17) is 11.6 Å². The predicted octanol–water partition coefficient (Wildman–Crippen LogP) is 3.86. The predicted molar refractivity (Wildman–Crippen MR) is 95.7 cm³/mol. The highest BCUT2D eigenvalue weighted by Gasteiger charge is 2.11. The molecular formula is C17H13ClN4O3. The Morgan fingerprint density at radius 1 is 1.36 bits per heavy atom. The van der Waals surface area contributed by atoms with Gasteiger partial charge < -0.3 is 5.32 Å². The normalized spacial score (nSPS) is 11.1. The molecule has 0 saturated heterocycles. The maximum absolute atomic E-state index is 12.1. The third-order valence-corrected chi connectivity index (χ3v) is 3.88. The Morgan fingerprint density at radius 3 is 2.92 bits per heavy atom. The summed E-state index contributed by atoms with van der Waals surface area (Å²) in [6, 6.07) is 9.76. The fourth-order valence-electron chi connectivity index (χ4n) is 2.32. The summed E-state index contributed by atoms with van der Waals surface area (Å²) in [7, 11) is 0. The molecule has 1 aromatic carbocycles. The monoisotopic (exact) mass is 356 g/mol. The fourth-order valence-corrected chi connectivity index (χ4v) is 2.56. The number of aromatic nitrogens is 2. The number of nitrogens with one attached hydrogen (secondary N) is 1. The lowest BCUT2D eigenvalue weighted by atomic mass is 10.2. The van der Waals surface area contributed by atoms with Crippen molar-refractivity contribution in [1.29, 1.82) is 0 Å². The summed E-state index contributed by atoms with van der Waals surface area (Å²) in [4.78, 5) is 26.7. The molecule has 0 aliphatic heterocycles. The molecule has 0 unspecified atom stereocenters. The van der Waals surface area contributed by atoms with E-state index in [9.17, 15) is 14.9 Å². The number of nitro groups is 1. The molecule has 0 atom stereocenters. The summed E-state index contributed by atoms with van der Waals surface area (Å²) >= 11 is 6.10. The van der Waals surface area contributed by atoms with E-state index >= 15 is 0 Å². The number of non-ortho nitro benzene ring substituents is 1. The summed E-state index contributed by atoms with van der Waals surface area (Å²) in [5.41, 5.74) is 2.26. The fraction of sp³-hybridized carbons (Fsp3) is 0.0588. The number of hydrogen-bond acceptors (Lipinski definition) is 4. The van der Waals surface area contributed by atoms with Crippen LogP contribution in [-0.4, -0.2) is 20.2 Å². The zero-order valence-corrected chi connectivity index (χ0v) is 13.9. The van der Waals surface area contributed by atoms with Crippen LogP contribution in [0.3, 0.4) is 0 Å². The molecule has 126 valence electrons. The first-order chi connectivity index (χ1) is 12.0. The number of carbonyl (C=O) groups is 1. The van der Waals surface area contributed by atoms with Crippen LogP contribution < -0.4 is 5.32 Å². The number of amides is 1. The largest absolute Gasteiger partial charge is 0.322 e. The van der Waals surface area contributed by atoms with E-state index < -0.39 is 10.8 Å². The first-order valence-electron chi connectivity index (χ1n) is 7.32. The van der Waals surface area contributed by atoms with Crippen molar-refractivity contribution in [2.24, 2.45) is 0 Å². The van der Waals surface area contributed by atoms with Gasteiger partial charge in [-0.15, -0.1) is 0 Å². The van der Waals surface area contributed by atoms with E-state index in [1.165, 1.54) is 18.2 Å². The summed E-state index contributed by atoms with van der Waals surface area (Å²) < 4.78 is 1.75. The third-order valence-electron chi connectivity index (χ3n) is 3.60. The lowest BCUT2D eigenvalue weighted by molar-refractivity contribution is -0.384. The number of nitrogens with zero attached hydrogens (tertiary/aromatic N) is 3. The number of rotatable bonds is 4. The minimum atomic E-state index is -0.511. The van der Waals surface area contributed by atoms with Crippen LogP contribution in [0.25, 0.3) is 11.7 Å². The van der Waals surface area contributed by atoms with Crippen LogP contribution in [0.2, 0.25) is 5.15 Å². The van der Waals surface area contributed by atoms with Gasteiger partial charge in [0.15, 0.2) is 5.15 Å². The van der Waals surface area contributed by atoms with Crippen LogP contribution in [-0.2, 0) is 4.79 Å². The number of benzene rings is 1. The molecule has 0 radical (unpaired) electrons. The molecular weight excluding hydrogens is 344 g/mol. The molecule has 1 amide bonds. The molecule has 0 aliphatic rings. The van der Waals surface area contributed by atoms with E-state index in [-0.39, 0.29) is 10.8 Å². The van der Waals surface area contributed by atoms with Crippen LogP contribution in [0.5, 0.6) is 0 Å². The highest BCUT2D eigenvalue weighted by atomic mass is 35.5. The lowest BCUT2D eigenvalue weighted by Gasteiger charge is -2.06. The van der Waals surface area contributed by atoms with Crippen molar-refractivity contribution in [2.45, 2.75) is 6.92 Å². The smallest absolute Gasteiger partial charge is 0.271 e. The number of fused-ring (bicyclic) bond motifs is 1. The van der Waals surface area contributed by atoms with E-state index in [1.54, 1.807) is 35.7 Å². The zero-order chi connectivity index (χ0) is 18.0. The van der Waals surface area contributed by atoms with Crippen molar-refractivity contribution >= 4 is 40.6 Å². The second-order valence-electron chi connectivity index (χ2n) is 5.30. The standard InChI is InChI=1S/C17H13ClN4O3/c1-11-5-6-12(22(24)25)10-13(11)19-16(23)8-7-14-17(18)20-15-4-2-3-9-21(14)15/h2-10H,1H3,(H,19,23)/b8-7+. The Bertz CT molecular complexity index is 1010. The first-order valence-corrected chi connectivity index (χ1v) is 7.70. The topological polar surface area (TPSA) is 89.5 Å². The van der Waals surface area contributed by atoms with E-state index in [0.717, 1.165) is 5.56 Å². The Morgan fingerprint density at radius 2 is 2.16 bits per heavy atom. The van der Waals surface area contributed by atoms with Gasteiger partial charge in [0, 0.05) is 24.4 Å². The number of aryl methyl sites for hydroxylation is 1. The molecule has 0 aliphatic carbocycles. The molecule has 2 heterocycles. The number of pyridine rings is 1. The Balaban J connectivity index is 1.83. The van der Waals surface area contributed by atoms with Gasteiger partial charge in [-0.05, 0) is 30.7 Å². The van der Waals surface area contributed by atoms with Gasteiger partial charge in [0.2, 0.25) is 5.91 Å². The van der Waals surface area contributed by atoms with Gasteiger partial charge >= 0.3 is 0 Å². The van der Waals surface area contributed by atoms with Gasteiger partial charge in [0.25, 0.3) is 5.69 Å². The second-order valence-corrected chi connectivity index (χ2v) is 5.65. The van der Waals surface area contributed by atoms with E-state index in [1.807, 2.05) is 12.1 Å². The summed E-state index contributed by atoms with van der Waals surface area (Å²) in [6.45, 7) is 1.75. The highest BCUT2D eigenvalue weighted by Crippen LogP contribution is 2.22. The van der Waals surface area contributed by atoms with Gasteiger partial charge in [0.05, 0.1) is 16.3 Å². The summed E-state index contributed by atoms with van der Waals surface area (Å²) in [5.74, 6) is -0.425. The average Bonchev–Trinajstić information content (AvgIpc) is 2.90. The zero-order valence-electron chi connectivity index (χ0n) is 13.1. The number of hydrogen-bond donors (Lipinski definition) is 1. The quantitative estimate of drug-likeness (QED) is 0.436. The molecule has 0 saturated carbocycles. The average molecular weight is 357 g/mol. The van der Waals surface area contributed by atoms with Gasteiger partial charge in [-0.1, -0.05) is 23.7 Å². The lowest BCUT2D eigenvalue weighted by Crippen LogP contribution is -2.09. The van der Waals surface area contributed by atoms with Gasteiger partial charge in [-0.3, -0.25) is 19.3 Å². The van der Waals surface area contributed by atoms with Crippen molar-refractivity contribution in [3.8, 4) is 0 Å². The minimum absolute atomic E-state index is 0.0882. The maximum Gasteiger partial charge on any atom is 0.271 e. The van der Waals surface area contributed by atoms with Crippen molar-refractivity contribution < 1.29 is 9.72 Å². The van der Waals surface area contributed by atoms with Crippen molar-refractivity contribution in [3.63, 3.8) is 0 Å². The molecule has 8 heteroatoms. The van der Waals surface area contributed by atoms with Gasteiger partial charge in [-0.25, -0.2) is 4.98 Å². The van der Waals surface area contributed by atoms with Crippen molar-refractivity contribution in [3.05, 3.63) is 75.2 Å². The maximum atomic E-state index is 12.1. The molecule has 3 rings (SSSR count). The van der Waals surface area contributed by atoms with Gasteiger partial charge in [0.1, 0.15) is 5.65 Å². The number of imidazole rings is 1. The molecule has 7 nitrogen and oxygen atoms in total. The van der Waals surface area contributed by atoms with Crippen LogP contribution >= 0.6 is 11.6 Å². The van der Waals surface area contributed by atoms with Crippen LogP contribution in [0.1, 0.15) is 11.3 Å². The second kappa shape index (κ2) is 6.74. The molecule has 0 bridgehead atoms. The highest BCUT2D eigenvalue weighted by molar-refractivity contribution is 6.31. The van der Waals surface area contributed by atoms with Crippen LogP contribution in [0.15, 0.2) is 48.7 Å². The molecule has 25 heavy (non-hydrogen) atoms. The number of halogens is 1. The van der Waals surface area contributed by atoms with Crippen LogP contribution in [0.4, 0.5) is 11.4 Å². The van der Waals surface area contributed by atoms with Crippen molar-refractivity contribution in [2.75, 3.05) is 5.32 Å². The van der Waals surface area contributed by atoms with Gasteiger partial charge in [-0.2, -0.15) is 0 Å². The molecule has 0 spiro atoms. The minimum Gasteiger partial charge on any atom is -0.322 e. The SMILES string of the molecule is Cc1ccc([N+](=O)[O-])cc1NC(=O)/C=C/c1c(Cl)nc2ccccn12. The number of anilines is 1.